The van der Waals surface area contributed by atoms with Crippen molar-refractivity contribution in [3.8, 4) is 0 Å². The fourth-order valence-corrected chi connectivity index (χ4v) is 3.19. The van der Waals surface area contributed by atoms with Crippen LogP contribution in [0.1, 0.15) is 20.3 Å². The quantitative estimate of drug-likeness (QED) is 0.659. The molecule has 1 unspecified atom stereocenters. The van der Waals surface area contributed by atoms with Crippen LogP contribution in [-0.4, -0.2) is 29.7 Å². The first kappa shape index (κ1) is 17.5. The normalized spacial score (nSPS) is 22.3. The van der Waals surface area contributed by atoms with Crippen molar-refractivity contribution < 1.29 is 9.59 Å². The number of nitrogens with two attached hydrogens (primary N) is 1. The zero-order valence-electron chi connectivity index (χ0n) is 12.3. The van der Waals surface area contributed by atoms with Gasteiger partial charge >= 0.3 is 0 Å². The minimum absolute atomic E-state index is 0.0983. The number of benzene rings is 1. The molecule has 1 atom stereocenters. The lowest BCUT2D eigenvalue weighted by molar-refractivity contribution is -0.137. The van der Waals surface area contributed by atoms with Crippen LogP contribution in [0.4, 0.5) is 5.69 Å². The van der Waals surface area contributed by atoms with Gasteiger partial charge in [-0.3, -0.25) is 9.59 Å². The second-order valence-electron chi connectivity index (χ2n) is 6.15. The van der Waals surface area contributed by atoms with Gasteiger partial charge in [0.1, 0.15) is 0 Å². The van der Waals surface area contributed by atoms with E-state index >= 15 is 0 Å². The van der Waals surface area contributed by atoms with E-state index in [2.05, 4.69) is 0 Å². The number of rotatable bonds is 4. The van der Waals surface area contributed by atoms with E-state index in [-0.39, 0.29) is 18.1 Å². The maximum Gasteiger partial charge on any atom is 0.254 e. The largest absolute Gasteiger partial charge is 0.311 e. The van der Waals surface area contributed by atoms with Gasteiger partial charge in [0.05, 0.1) is 0 Å². The Morgan fingerprint density at radius 3 is 2.36 bits per heavy atom. The molecule has 1 aliphatic rings. The lowest BCUT2D eigenvalue weighted by Crippen LogP contribution is -2.59. The number of hydrogen-bond acceptors (Lipinski definition) is 3. The van der Waals surface area contributed by atoms with Crippen LogP contribution < -0.4 is 10.6 Å². The molecule has 0 aliphatic carbocycles. The smallest absolute Gasteiger partial charge is 0.254 e. The van der Waals surface area contributed by atoms with Gasteiger partial charge in [0.2, 0.25) is 0 Å². The number of amides is 1. The molecule has 1 amide bonds. The number of ketones is 1. The molecule has 120 valence electrons. The van der Waals surface area contributed by atoms with E-state index in [1.54, 1.807) is 32.0 Å². The second-order valence-corrected chi connectivity index (χ2v) is 7.29. The minimum Gasteiger partial charge on any atom is -0.311 e. The topological polar surface area (TPSA) is 63.4 Å². The van der Waals surface area contributed by atoms with Gasteiger partial charge < -0.3 is 10.6 Å². The van der Waals surface area contributed by atoms with Crippen molar-refractivity contribution in [3.05, 3.63) is 28.2 Å². The van der Waals surface area contributed by atoms with Gasteiger partial charge in [-0.05, 0) is 24.6 Å². The van der Waals surface area contributed by atoms with Crippen LogP contribution >= 0.6 is 34.8 Å². The summed E-state index contributed by atoms with van der Waals surface area (Å²) in [6.07, 6.45) is 0.231. The number of halogens is 3. The van der Waals surface area contributed by atoms with Crippen LogP contribution in [0, 0.1) is 5.41 Å². The Morgan fingerprint density at radius 1 is 1.32 bits per heavy atom. The van der Waals surface area contributed by atoms with Crippen molar-refractivity contribution in [2.45, 2.75) is 25.8 Å². The lowest BCUT2D eigenvalue weighted by atomic mass is 9.77. The molecule has 7 heteroatoms. The summed E-state index contributed by atoms with van der Waals surface area (Å²) in [6, 6.07) is 4.81. The van der Waals surface area contributed by atoms with Crippen molar-refractivity contribution in [3.63, 3.8) is 0 Å². The number of carbonyl (C=O) groups is 2. The fraction of sp³-hybridized carbons (Fsp3) is 0.467. The Morgan fingerprint density at radius 2 is 1.86 bits per heavy atom. The lowest BCUT2D eigenvalue weighted by Gasteiger charge is -2.30. The van der Waals surface area contributed by atoms with Gasteiger partial charge in [0.25, 0.3) is 5.91 Å². The molecule has 0 radical (unpaired) electrons. The summed E-state index contributed by atoms with van der Waals surface area (Å²) in [7, 11) is 0. The fourth-order valence-electron chi connectivity index (χ4n) is 2.55. The van der Waals surface area contributed by atoms with Crippen molar-refractivity contribution in [1.29, 1.82) is 0 Å². The molecule has 4 nitrogen and oxygen atoms in total. The molecule has 0 aromatic heterocycles. The Bertz CT molecular complexity index is 613. The molecule has 22 heavy (non-hydrogen) atoms. The Kier molecular flexibility index (Phi) is 4.79. The number of carbonyl (C=O) groups excluding carboxylic acids is 2. The van der Waals surface area contributed by atoms with E-state index in [1.807, 2.05) is 0 Å². The van der Waals surface area contributed by atoms with Gasteiger partial charge in [-0.15, -0.1) is 11.6 Å². The second kappa shape index (κ2) is 6.00. The van der Waals surface area contributed by atoms with Crippen LogP contribution in [0.15, 0.2) is 18.2 Å². The van der Waals surface area contributed by atoms with E-state index in [1.165, 1.54) is 4.90 Å². The monoisotopic (exact) mass is 362 g/mol. The zero-order valence-corrected chi connectivity index (χ0v) is 14.6. The van der Waals surface area contributed by atoms with Gasteiger partial charge in [-0.25, -0.2) is 0 Å². The average Bonchev–Trinajstić information content (AvgIpc) is 2.74. The molecular formula is C15H17Cl3N2O2. The third-order valence-electron chi connectivity index (χ3n) is 3.87. The first-order valence-corrected chi connectivity index (χ1v) is 8.09. The van der Waals surface area contributed by atoms with Crippen LogP contribution in [0.5, 0.6) is 0 Å². The number of alkyl halides is 1. The van der Waals surface area contributed by atoms with Crippen LogP contribution in [0.25, 0.3) is 0 Å². The molecule has 2 N–H and O–H groups in total. The number of anilines is 1. The highest BCUT2D eigenvalue weighted by molar-refractivity contribution is 6.35. The van der Waals surface area contributed by atoms with E-state index < -0.39 is 16.9 Å². The van der Waals surface area contributed by atoms with Crippen molar-refractivity contribution in [2.75, 3.05) is 17.3 Å². The van der Waals surface area contributed by atoms with Gasteiger partial charge in [0, 0.05) is 33.6 Å². The molecular weight excluding hydrogens is 347 g/mol. The molecule has 0 spiro atoms. The predicted octanol–water partition coefficient (Wildman–Crippen LogP) is 3.26. The first-order chi connectivity index (χ1) is 10.1. The van der Waals surface area contributed by atoms with E-state index in [9.17, 15) is 9.59 Å². The van der Waals surface area contributed by atoms with Crippen LogP contribution in [0.3, 0.4) is 0 Å². The third-order valence-corrected chi connectivity index (χ3v) is 4.97. The van der Waals surface area contributed by atoms with E-state index in [0.29, 0.717) is 22.3 Å². The first-order valence-electron chi connectivity index (χ1n) is 6.79. The molecule has 1 fully saturated rings. The molecule has 1 saturated heterocycles. The number of hydrogen-bond donors (Lipinski definition) is 1. The molecule has 1 heterocycles. The molecule has 1 aliphatic heterocycles. The SMILES string of the molecule is CC(C)(CCl)C(=O)C1(N)CCN(c2cc(Cl)cc(Cl)c2)C1=O. The summed E-state index contributed by atoms with van der Waals surface area (Å²) in [6.45, 7) is 3.70. The molecule has 0 bridgehead atoms. The third kappa shape index (κ3) is 2.98. The van der Waals surface area contributed by atoms with Crippen molar-refractivity contribution in [1.82, 2.24) is 0 Å². The Hall–Kier alpha value is -0.810. The Balaban J connectivity index is 2.35. The standard InChI is InChI=1S/C15H17Cl3N2O2/c1-14(2,8-16)12(21)15(19)3-4-20(13(15)22)11-6-9(17)5-10(18)7-11/h5-7H,3-4,8,19H2,1-2H3. The van der Waals surface area contributed by atoms with Gasteiger partial charge in [0.15, 0.2) is 11.3 Å². The van der Waals surface area contributed by atoms with E-state index in [4.69, 9.17) is 40.5 Å². The van der Waals surface area contributed by atoms with Crippen LogP contribution in [-0.2, 0) is 9.59 Å². The summed E-state index contributed by atoms with van der Waals surface area (Å²) in [4.78, 5) is 26.8. The maximum atomic E-state index is 12.7. The van der Waals surface area contributed by atoms with Crippen molar-refractivity contribution >= 4 is 52.2 Å². The van der Waals surface area contributed by atoms with Crippen molar-refractivity contribution in [2.24, 2.45) is 11.1 Å². The Labute approximate surface area is 144 Å². The van der Waals surface area contributed by atoms with Crippen LogP contribution in [0.2, 0.25) is 10.0 Å². The molecule has 1 aromatic carbocycles. The van der Waals surface area contributed by atoms with Gasteiger partial charge in [-0.2, -0.15) is 0 Å². The summed E-state index contributed by atoms with van der Waals surface area (Å²) >= 11 is 17.8. The highest BCUT2D eigenvalue weighted by Gasteiger charge is 2.53. The highest BCUT2D eigenvalue weighted by Crippen LogP contribution is 2.35. The summed E-state index contributed by atoms with van der Waals surface area (Å²) < 4.78 is 0. The zero-order chi connectivity index (χ0) is 16.7. The molecule has 2 rings (SSSR count). The maximum absolute atomic E-state index is 12.7. The molecule has 0 saturated carbocycles. The number of Topliss-reactive ketones (excluding diaryl/α,β-unsaturated/α-hetero) is 1. The van der Waals surface area contributed by atoms with Gasteiger partial charge in [-0.1, -0.05) is 37.0 Å². The molecule has 1 aromatic rings. The summed E-state index contributed by atoms with van der Waals surface area (Å²) in [5.74, 6) is -0.703. The van der Waals surface area contributed by atoms with E-state index in [0.717, 1.165) is 0 Å². The summed E-state index contributed by atoms with van der Waals surface area (Å²) in [5, 5.41) is 0.828. The average molecular weight is 364 g/mol. The minimum atomic E-state index is -1.56. The highest BCUT2D eigenvalue weighted by atomic mass is 35.5. The summed E-state index contributed by atoms with van der Waals surface area (Å²) in [5.41, 5.74) is 4.25. The predicted molar refractivity (Wildman–Crippen MR) is 89.9 cm³/mol. The number of nitrogens with zero attached hydrogens (tertiary/aromatic N) is 1.